The summed E-state index contributed by atoms with van der Waals surface area (Å²) in [5.74, 6) is -0.674. The fourth-order valence-electron chi connectivity index (χ4n) is 4.86. The lowest BCUT2D eigenvalue weighted by atomic mass is 10.1. The van der Waals surface area contributed by atoms with Gasteiger partial charge >= 0.3 is 0 Å². The largest absolute Gasteiger partial charge is 0.497 e. The molecule has 2 aliphatic rings. The second-order valence-corrected chi connectivity index (χ2v) is 10.8. The van der Waals surface area contributed by atoms with Gasteiger partial charge in [0.25, 0.3) is 29.3 Å². The number of nitrogens with zero attached hydrogens (tertiary/aromatic N) is 8. The number of hydrogen-bond acceptors (Lipinski definition) is 13. The number of carbonyl (C=O) groups is 4. The Morgan fingerprint density at radius 3 is 1.53 bits per heavy atom. The number of imide groups is 2. The molecule has 0 saturated carbocycles. The summed E-state index contributed by atoms with van der Waals surface area (Å²) >= 11 is 0. The number of nitro benzene ring substituents is 1. The van der Waals surface area contributed by atoms with E-state index in [-0.39, 0.29) is 67.5 Å². The third-order valence-electron chi connectivity index (χ3n) is 7.54. The summed E-state index contributed by atoms with van der Waals surface area (Å²) in [6.07, 6.45) is 2.39. The van der Waals surface area contributed by atoms with E-state index >= 15 is 0 Å². The van der Waals surface area contributed by atoms with Crippen molar-refractivity contribution in [3.8, 4) is 5.75 Å². The first kappa shape index (κ1) is 54.1. The van der Waals surface area contributed by atoms with Crippen LogP contribution in [0.1, 0.15) is 70.7 Å². The van der Waals surface area contributed by atoms with Crippen LogP contribution in [0.4, 0.5) is 5.69 Å². The molecule has 0 N–H and O–H groups in total. The Morgan fingerprint density at radius 1 is 0.610 bits per heavy atom. The topological polar surface area (TPSA) is 203 Å². The number of aromatic nitrogens is 5. The lowest BCUT2D eigenvalue weighted by molar-refractivity contribution is -0.384. The van der Waals surface area contributed by atoms with Crippen LogP contribution in [0.25, 0.3) is 22.1 Å². The van der Waals surface area contributed by atoms with Crippen molar-refractivity contribution in [3.63, 3.8) is 0 Å². The summed E-state index contributed by atoms with van der Waals surface area (Å²) in [5, 5.41) is 19.3. The molecular formula is C41H56N8O10. The van der Waals surface area contributed by atoms with Crippen LogP contribution >= 0.6 is 0 Å². The number of amides is 4. The zero-order chi connectivity index (χ0) is 39.2. The molecule has 1 saturated heterocycles. The van der Waals surface area contributed by atoms with Crippen molar-refractivity contribution in [2.24, 2.45) is 7.05 Å². The molecular weight excluding hydrogens is 764 g/mol. The summed E-state index contributed by atoms with van der Waals surface area (Å²) in [6.45, 7) is 0. The number of fused-ring (bicyclic) bond motifs is 3. The summed E-state index contributed by atoms with van der Waals surface area (Å²) in [4.78, 5) is 73.3. The van der Waals surface area contributed by atoms with Crippen LogP contribution in [-0.2, 0) is 26.3 Å². The van der Waals surface area contributed by atoms with Crippen LogP contribution in [0.2, 0.25) is 0 Å². The maximum absolute atomic E-state index is 11.4. The Morgan fingerprint density at radius 2 is 1.08 bits per heavy atom. The van der Waals surface area contributed by atoms with Gasteiger partial charge in [0.1, 0.15) is 23.9 Å². The van der Waals surface area contributed by atoms with E-state index in [0.29, 0.717) is 16.9 Å². The number of para-hydroxylation sites is 3. The summed E-state index contributed by atoms with van der Waals surface area (Å²) in [6, 6.07) is 28.2. The van der Waals surface area contributed by atoms with Gasteiger partial charge in [-0.3, -0.25) is 39.0 Å². The van der Waals surface area contributed by atoms with Gasteiger partial charge in [-0.05, 0) is 53.7 Å². The molecule has 2 aliphatic heterocycles. The zero-order valence-electron chi connectivity index (χ0n) is 29.9. The third-order valence-corrected chi connectivity index (χ3v) is 7.54. The van der Waals surface area contributed by atoms with Crippen LogP contribution in [0.5, 0.6) is 5.75 Å². The first-order chi connectivity index (χ1) is 26.0. The number of methoxy groups -OCH3 is 1. The molecule has 320 valence electrons. The molecule has 4 aromatic carbocycles. The SMILES string of the molecule is C.C.C.C.C.CON1C(=O)CCC1=O.CON1C(=O)c2ccccc2C1=O.COc1ccc([N+](=O)[O-])cc1.COn1nnc2ccccc21.Cn1cnc2ccccc21. The van der Waals surface area contributed by atoms with Gasteiger partial charge in [0.05, 0.1) is 54.7 Å². The van der Waals surface area contributed by atoms with Gasteiger partial charge in [-0.25, -0.2) is 4.98 Å². The standard InChI is InChI=1S/C9H7NO3.C8H8N2.C7H7N3O.C7H7NO3.C5H7NO3.5CH4/c1-13-10-8(11)6-4-2-3-5-7(6)9(10)12;1-10-6-9-7-4-2-3-5-8(7)10;1-11-10-7-5-3-2-4-6(7)8-9-10;1-11-7-4-2-6(3-5-7)8(9)10;1-9-6-4(7)2-3-5(6)8;;;;;/h2-5H,1H3;2-6H,1H3;2*2-5H,1H3;2-3H2,1H3;5*1H4. The monoisotopic (exact) mass is 820 g/mol. The number of nitro groups is 1. The zero-order valence-corrected chi connectivity index (χ0v) is 29.9. The average molecular weight is 821 g/mol. The molecule has 8 rings (SSSR count). The van der Waals surface area contributed by atoms with Crippen molar-refractivity contribution in [2.45, 2.75) is 50.0 Å². The van der Waals surface area contributed by atoms with Gasteiger partial charge in [0.15, 0.2) is 0 Å². The smallest absolute Gasteiger partial charge is 0.285 e. The first-order valence-corrected chi connectivity index (χ1v) is 16.0. The lowest BCUT2D eigenvalue weighted by Gasteiger charge is -2.07. The summed E-state index contributed by atoms with van der Waals surface area (Å²) in [7, 11) is 7.67. The molecule has 0 aliphatic carbocycles. The van der Waals surface area contributed by atoms with Crippen LogP contribution in [0.3, 0.4) is 0 Å². The van der Waals surface area contributed by atoms with Gasteiger partial charge in [-0.15, -0.1) is 10.2 Å². The van der Waals surface area contributed by atoms with Gasteiger partial charge in [-0.1, -0.05) is 78.4 Å². The minimum Gasteiger partial charge on any atom is -0.497 e. The van der Waals surface area contributed by atoms with E-state index in [1.165, 1.54) is 43.8 Å². The number of non-ortho nitro benzene ring substituents is 1. The highest BCUT2D eigenvalue weighted by molar-refractivity contribution is 6.20. The lowest BCUT2D eigenvalue weighted by Crippen LogP contribution is -2.28. The number of benzene rings is 4. The van der Waals surface area contributed by atoms with Gasteiger partial charge in [0, 0.05) is 32.0 Å². The highest BCUT2D eigenvalue weighted by Gasteiger charge is 2.35. The number of rotatable bonds is 5. The Hall–Kier alpha value is -7.05. The normalized spacial score (nSPS) is 11.7. The number of imidazole rings is 1. The van der Waals surface area contributed by atoms with E-state index < -0.39 is 16.7 Å². The second kappa shape index (κ2) is 26.0. The summed E-state index contributed by atoms with van der Waals surface area (Å²) < 4.78 is 6.84. The molecule has 6 aromatic rings. The van der Waals surface area contributed by atoms with Crippen molar-refractivity contribution >= 4 is 51.4 Å². The molecule has 59 heavy (non-hydrogen) atoms. The van der Waals surface area contributed by atoms with Crippen LogP contribution < -0.4 is 9.57 Å². The molecule has 0 unspecified atom stereocenters. The molecule has 0 bridgehead atoms. The molecule has 1 fully saturated rings. The molecule has 18 nitrogen and oxygen atoms in total. The molecule has 2 aromatic heterocycles. The molecule has 0 atom stereocenters. The number of hydrogen-bond donors (Lipinski definition) is 0. The van der Waals surface area contributed by atoms with Crippen molar-refractivity contribution in [2.75, 3.05) is 28.4 Å². The molecule has 0 radical (unpaired) electrons. The second-order valence-electron chi connectivity index (χ2n) is 10.8. The van der Waals surface area contributed by atoms with Crippen LogP contribution in [0.15, 0.2) is 103 Å². The number of ether oxygens (including phenoxy) is 1. The third kappa shape index (κ3) is 13.5. The fraction of sp³-hybridized carbons (Fsp3) is 0.293. The highest BCUT2D eigenvalue weighted by atomic mass is 16.7. The predicted octanol–water partition coefficient (Wildman–Crippen LogP) is 7.39. The number of aryl methyl sites for hydroxylation is 1. The van der Waals surface area contributed by atoms with E-state index in [4.69, 9.17) is 9.57 Å². The number of hydroxylamine groups is 4. The van der Waals surface area contributed by atoms with Crippen molar-refractivity contribution < 1.29 is 43.4 Å². The van der Waals surface area contributed by atoms with E-state index in [1.807, 2.05) is 60.4 Å². The van der Waals surface area contributed by atoms with Gasteiger partial charge < -0.3 is 14.1 Å². The van der Waals surface area contributed by atoms with Crippen molar-refractivity contribution in [1.82, 2.24) is 34.8 Å². The quantitative estimate of drug-likeness (QED) is 0.0947. The van der Waals surface area contributed by atoms with E-state index in [0.717, 1.165) is 26.7 Å². The van der Waals surface area contributed by atoms with Crippen LogP contribution in [0, 0.1) is 10.1 Å². The summed E-state index contributed by atoms with van der Waals surface area (Å²) in [5.41, 5.74) is 4.84. The van der Waals surface area contributed by atoms with Crippen LogP contribution in [-0.4, -0.2) is 91.8 Å². The van der Waals surface area contributed by atoms with Gasteiger partial charge in [0.2, 0.25) is 0 Å². The first-order valence-electron chi connectivity index (χ1n) is 16.0. The minimum absolute atomic E-state index is 0. The van der Waals surface area contributed by atoms with Crippen molar-refractivity contribution in [3.05, 3.63) is 125 Å². The minimum atomic E-state index is -0.445. The predicted molar refractivity (Wildman–Crippen MR) is 226 cm³/mol. The Labute approximate surface area is 344 Å². The Balaban J connectivity index is 0. The maximum Gasteiger partial charge on any atom is 0.285 e. The molecule has 18 heteroatoms. The average Bonchev–Trinajstić information content (AvgIpc) is 3.96. The van der Waals surface area contributed by atoms with Gasteiger partial charge in [-0.2, -0.15) is 5.06 Å². The highest BCUT2D eigenvalue weighted by Crippen LogP contribution is 2.22. The Bertz CT molecular complexity index is 2190. The van der Waals surface area contributed by atoms with E-state index in [1.54, 1.807) is 43.5 Å². The van der Waals surface area contributed by atoms with E-state index in [2.05, 4.69) is 31.0 Å². The molecule has 0 spiro atoms. The number of carbonyl (C=O) groups excluding carboxylic acids is 4. The fourth-order valence-corrected chi connectivity index (χ4v) is 4.86. The molecule has 4 amide bonds. The Kier molecular flexibility index (Phi) is 23.8. The van der Waals surface area contributed by atoms with E-state index in [9.17, 15) is 29.3 Å². The molecule has 4 heterocycles. The van der Waals surface area contributed by atoms with Crippen molar-refractivity contribution in [1.29, 1.82) is 0 Å². The maximum atomic E-state index is 11.4.